The van der Waals surface area contributed by atoms with Crippen molar-refractivity contribution in [2.45, 2.75) is 6.54 Å². The molecule has 0 spiro atoms. The Kier molecular flexibility index (Phi) is 3.31. The van der Waals surface area contributed by atoms with Gasteiger partial charge in [-0.15, -0.1) is 0 Å². The maximum absolute atomic E-state index is 5.98. The van der Waals surface area contributed by atoms with Crippen molar-refractivity contribution in [3.05, 3.63) is 36.2 Å². The first-order valence-electron chi connectivity index (χ1n) is 6.36. The molecule has 0 aliphatic rings. The number of methoxy groups -OCH3 is 2. The van der Waals surface area contributed by atoms with E-state index in [1.165, 1.54) is 6.33 Å². The number of hydrogen-bond acceptors (Lipinski definition) is 6. The average molecular weight is 285 g/mol. The van der Waals surface area contributed by atoms with Gasteiger partial charge in [0.05, 0.1) is 20.8 Å². The number of anilines is 1. The molecule has 0 atom stereocenters. The maximum Gasteiger partial charge on any atom is 0.245 e. The van der Waals surface area contributed by atoms with Crippen molar-refractivity contribution < 1.29 is 9.47 Å². The van der Waals surface area contributed by atoms with Crippen LogP contribution >= 0.6 is 0 Å². The summed E-state index contributed by atoms with van der Waals surface area (Å²) in [5.41, 5.74) is 8.26. The van der Waals surface area contributed by atoms with Gasteiger partial charge in [-0.05, 0) is 17.7 Å². The first-order valence-corrected chi connectivity index (χ1v) is 6.36. The number of hydrogen-bond donors (Lipinski definition) is 1. The zero-order chi connectivity index (χ0) is 14.8. The molecule has 0 fully saturated rings. The number of fused-ring (bicyclic) bond motifs is 1. The van der Waals surface area contributed by atoms with Gasteiger partial charge in [0.25, 0.3) is 0 Å². The van der Waals surface area contributed by atoms with Crippen LogP contribution in [0.3, 0.4) is 0 Å². The molecule has 0 unspecified atom stereocenters. The molecule has 0 radical (unpaired) electrons. The van der Waals surface area contributed by atoms with Gasteiger partial charge in [0.2, 0.25) is 11.8 Å². The van der Waals surface area contributed by atoms with E-state index in [1.807, 2.05) is 28.8 Å². The lowest BCUT2D eigenvalue weighted by Crippen LogP contribution is -2.05. The number of nitrogen functional groups attached to an aromatic ring is 1. The maximum atomic E-state index is 5.98. The highest BCUT2D eigenvalue weighted by Crippen LogP contribution is 2.24. The molecule has 2 heterocycles. The monoisotopic (exact) mass is 285 g/mol. The summed E-state index contributed by atoms with van der Waals surface area (Å²) in [5.74, 6) is 1.60. The Hall–Kier alpha value is -2.83. The molecule has 1 aromatic carbocycles. The summed E-state index contributed by atoms with van der Waals surface area (Å²) in [6.07, 6.45) is 1.44. The van der Waals surface area contributed by atoms with Crippen LogP contribution in [-0.4, -0.2) is 33.7 Å². The third kappa shape index (κ3) is 2.33. The molecule has 2 N–H and O–H groups in total. The van der Waals surface area contributed by atoms with E-state index in [4.69, 9.17) is 15.2 Å². The van der Waals surface area contributed by atoms with Crippen LogP contribution in [0.1, 0.15) is 5.56 Å². The molecule has 0 amide bonds. The second kappa shape index (κ2) is 5.28. The largest absolute Gasteiger partial charge is 0.497 e. The number of ether oxygens (including phenoxy) is 2. The van der Waals surface area contributed by atoms with E-state index >= 15 is 0 Å². The van der Waals surface area contributed by atoms with Gasteiger partial charge in [0.1, 0.15) is 12.1 Å². The fourth-order valence-corrected chi connectivity index (χ4v) is 2.15. The first-order chi connectivity index (χ1) is 10.2. The minimum atomic E-state index is 0.375. The summed E-state index contributed by atoms with van der Waals surface area (Å²) in [5, 5.41) is 0. The zero-order valence-corrected chi connectivity index (χ0v) is 11.8. The van der Waals surface area contributed by atoms with Crippen LogP contribution in [0.5, 0.6) is 11.6 Å². The molecular weight excluding hydrogens is 270 g/mol. The van der Waals surface area contributed by atoms with E-state index in [0.29, 0.717) is 29.5 Å². The summed E-state index contributed by atoms with van der Waals surface area (Å²) in [6.45, 7) is 0.562. The van der Waals surface area contributed by atoms with Crippen LogP contribution in [0.15, 0.2) is 30.6 Å². The van der Waals surface area contributed by atoms with Gasteiger partial charge < -0.3 is 15.2 Å². The lowest BCUT2D eigenvalue weighted by molar-refractivity contribution is 0.401. The minimum absolute atomic E-state index is 0.375. The molecule has 2 aromatic heterocycles. The van der Waals surface area contributed by atoms with E-state index in [9.17, 15) is 0 Å². The van der Waals surface area contributed by atoms with Crippen molar-refractivity contribution in [2.75, 3.05) is 20.0 Å². The number of rotatable bonds is 4. The van der Waals surface area contributed by atoms with E-state index < -0.39 is 0 Å². The molecule has 0 bridgehead atoms. The Morgan fingerprint density at radius 2 is 1.86 bits per heavy atom. The molecule has 7 heteroatoms. The minimum Gasteiger partial charge on any atom is -0.497 e. The summed E-state index contributed by atoms with van der Waals surface area (Å²) >= 11 is 0. The Balaban J connectivity index is 2.01. The van der Waals surface area contributed by atoms with Crippen LogP contribution in [0, 0.1) is 0 Å². The Bertz CT molecular complexity index is 767. The summed E-state index contributed by atoms with van der Waals surface area (Å²) in [4.78, 5) is 12.6. The van der Waals surface area contributed by atoms with Gasteiger partial charge in [0.15, 0.2) is 11.2 Å². The Labute approximate surface area is 121 Å². The van der Waals surface area contributed by atoms with Crippen molar-refractivity contribution in [3.63, 3.8) is 0 Å². The third-order valence-corrected chi connectivity index (χ3v) is 3.22. The van der Waals surface area contributed by atoms with E-state index in [2.05, 4.69) is 15.0 Å². The molecule has 7 nitrogen and oxygen atoms in total. The van der Waals surface area contributed by atoms with Gasteiger partial charge in [-0.1, -0.05) is 12.1 Å². The number of imidazole rings is 1. The van der Waals surface area contributed by atoms with Gasteiger partial charge in [-0.25, -0.2) is 9.97 Å². The first kappa shape index (κ1) is 13.2. The highest BCUT2D eigenvalue weighted by molar-refractivity contribution is 5.79. The van der Waals surface area contributed by atoms with Crippen LogP contribution in [0.2, 0.25) is 0 Å². The zero-order valence-electron chi connectivity index (χ0n) is 11.8. The van der Waals surface area contributed by atoms with Gasteiger partial charge in [0, 0.05) is 0 Å². The smallest absolute Gasteiger partial charge is 0.245 e. The molecule has 3 rings (SSSR count). The third-order valence-electron chi connectivity index (χ3n) is 3.22. The second-order valence-electron chi connectivity index (χ2n) is 4.46. The van der Waals surface area contributed by atoms with Crippen molar-refractivity contribution in [1.82, 2.24) is 19.5 Å². The van der Waals surface area contributed by atoms with Gasteiger partial charge in [-0.3, -0.25) is 4.57 Å². The van der Waals surface area contributed by atoms with Crippen LogP contribution < -0.4 is 15.2 Å². The highest BCUT2D eigenvalue weighted by atomic mass is 16.5. The molecule has 0 saturated carbocycles. The van der Waals surface area contributed by atoms with Crippen LogP contribution in [0.25, 0.3) is 11.2 Å². The normalized spacial score (nSPS) is 10.8. The quantitative estimate of drug-likeness (QED) is 0.781. The number of benzene rings is 1. The van der Waals surface area contributed by atoms with Crippen molar-refractivity contribution in [2.24, 2.45) is 0 Å². The topological polar surface area (TPSA) is 88.1 Å². The summed E-state index contributed by atoms with van der Waals surface area (Å²) < 4.78 is 12.1. The van der Waals surface area contributed by atoms with Gasteiger partial charge in [-0.2, -0.15) is 4.98 Å². The number of nitrogens with two attached hydrogens (primary N) is 1. The van der Waals surface area contributed by atoms with E-state index in [0.717, 1.165) is 11.3 Å². The lowest BCUT2D eigenvalue weighted by atomic mass is 10.2. The van der Waals surface area contributed by atoms with E-state index in [-0.39, 0.29) is 0 Å². The lowest BCUT2D eigenvalue weighted by Gasteiger charge is -2.07. The molecule has 21 heavy (non-hydrogen) atoms. The second-order valence-corrected chi connectivity index (χ2v) is 4.46. The molecular formula is C14H15N5O2. The van der Waals surface area contributed by atoms with Crippen molar-refractivity contribution in [1.29, 1.82) is 0 Å². The number of aromatic nitrogens is 4. The van der Waals surface area contributed by atoms with Crippen molar-refractivity contribution in [3.8, 4) is 11.6 Å². The van der Waals surface area contributed by atoms with E-state index in [1.54, 1.807) is 14.2 Å². The average Bonchev–Trinajstić information content (AvgIpc) is 2.84. The standard InChI is InChI=1S/C14H15N5O2/c1-20-10-5-3-9(4-6-10)7-19-12-11(18-14(19)15)13(21-2)17-8-16-12/h3-6,8H,7H2,1-2H3,(H2,15,18). The molecule has 0 saturated heterocycles. The molecule has 0 aliphatic heterocycles. The fourth-order valence-electron chi connectivity index (χ4n) is 2.15. The van der Waals surface area contributed by atoms with Crippen molar-refractivity contribution >= 4 is 17.1 Å². The summed E-state index contributed by atoms with van der Waals surface area (Å²) in [6, 6.07) is 7.76. The highest BCUT2D eigenvalue weighted by Gasteiger charge is 2.14. The molecule has 3 aromatic rings. The fraction of sp³-hybridized carbons (Fsp3) is 0.214. The van der Waals surface area contributed by atoms with Crippen LogP contribution in [-0.2, 0) is 6.54 Å². The predicted octanol–water partition coefficient (Wildman–Crippen LogP) is 1.47. The Morgan fingerprint density at radius 3 is 2.52 bits per heavy atom. The van der Waals surface area contributed by atoms with Gasteiger partial charge >= 0.3 is 0 Å². The Morgan fingerprint density at radius 1 is 1.10 bits per heavy atom. The molecule has 0 aliphatic carbocycles. The SMILES string of the molecule is COc1ccc(Cn2c(N)nc3c(OC)ncnc32)cc1. The molecule has 108 valence electrons. The number of nitrogens with zero attached hydrogens (tertiary/aromatic N) is 4. The van der Waals surface area contributed by atoms with Crippen LogP contribution in [0.4, 0.5) is 5.95 Å². The summed E-state index contributed by atoms with van der Waals surface area (Å²) in [7, 11) is 3.18. The predicted molar refractivity (Wildman–Crippen MR) is 78.4 cm³/mol.